The van der Waals surface area contributed by atoms with Gasteiger partial charge in [0.2, 0.25) is 11.8 Å². The molecule has 0 radical (unpaired) electrons. The molecule has 0 saturated carbocycles. The van der Waals surface area contributed by atoms with Gasteiger partial charge in [-0.3, -0.25) is 9.59 Å². The van der Waals surface area contributed by atoms with Gasteiger partial charge in [0.05, 0.1) is 13.1 Å². The van der Waals surface area contributed by atoms with Crippen molar-refractivity contribution in [1.29, 1.82) is 0 Å². The van der Waals surface area contributed by atoms with Gasteiger partial charge in [0, 0.05) is 46.2 Å². The van der Waals surface area contributed by atoms with Gasteiger partial charge in [0.25, 0.3) is 0 Å². The summed E-state index contributed by atoms with van der Waals surface area (Å²) in [5.41, 5.74) is 0. The molecule has 1 atom stereocenters. The number of likely N-dealkylation sites (tertiary alicyclic amines) is 2. The molecule has 7 nitrogen and oxygen atoms in total. The average Bonchev–Trinajstić information content (AvgIpc) is 3.06. The molecular weight excluding hydrogens is 320 g/mol. The van der Waals surface area contributed by atoms with Crippen LogP contribution in [0.3, 0.4) is 0 Å². The number of piperidine rings is 1. The Morgan fingerprint density at radius 1 is 1.36 bits per heavy atom. The van der Waals surface area contributed by atoms with Crippen molar-refractivity contribution in [2.75, 3.05) is 45.2 Å². The molecule has 7 heteroatoms. The van der Waals surface area contributed by atoms with Crippen LogP contribution < -0.4 is 9.64 Å². The monoisotopic (exact) mass is 346 g/mol. The summed E-state index contributed by atoms with van der Waals surface area (Å²) in [4.78, 5) is 34.1. The highest BCUT2D eigenvalue weighted by molar-refractivity contribution is 5.85. The van der Waals surface area contributed by atoms with E-state index in [-0.39, 0.29) is 24.5 Å². The Bertz CT molecular complexity index is 635. The Kier molecular flexibility index (Phi) is 5.40. The number of hydrogen-bond donors (Lipinski definition) is 0. The molecule has 0 N–H and O–H groups in total. The van der Waals surface area contributed by atoms with Gasteiger partial charge >= 0.3 is 0 Å². The number of ether oxygens (including phenoxy) is 1. The number of anilines is 1. The van der Waals surface area contributed by atoms with Gasteiger partial charge in [-0.15, -0.1) is 0 Å². The first-order valence-corrected chi connectivity index (χ1v) is 8.89. The van der Waals surface area contributed by atoms with Crippen LogP contribution in [-0.4, -0.2) is 73.0 Å². The minimum Gasteiger partial charge on any atom is -0.485 e. The van der Waals surface area contributed by atoms with Gasteiger partial charge in [0.1, 0.15) is 6.10 Å². The standard InChI is InChI=1S/C18H26N4O3/c1-20(2)18-15(6-5-9-19-18)25-14-8-11-22(12-14)17(24)13-21-10-4-3-7-16(21)23/h5-6,9,14H,3-4,7-8,10-13H2,1-2H3/t14-/m1/s1. The van der Waals surface area contributed by atoms with Crippen LogP contribution in [0.2, 0.25) is 0 Å². The van der Waals surface area contributed by atoms with Gasteiger partial charge in [-0.1, -0.05) is 0 Å². The molecule has 0 aromatic carbocycles. The molecule has 0 unspecified atom stereocenters. The predicted octanol–water partition coefficient (Wildman–Crippen LogP) is 1.14. The molecule has 2 amide bonds. The molecule has 136 valence electrons. The summed E-state index contributed by atoms with van der Waals surface area (Å²) in [6, 6.07) is 3.75. The summed E-state index contributed by atoms with van der Waals surface area (Å²) in [6.07, 6.45) is 4.97. The first-order chi connectivity index (χ1) is 12.0. The number of hydrogen-bond acceptors (Lipinski definition) is 5. The highest BCUT2D eigenvalue weighted by Crippen LogP contribution is 2.26. The first kappa shape index (κ1) is 17.5. The van der Waals surface area contributed by atoms with E-state index in [2.05, 4.69) is 4.98 Å². The Morgan fingerprint density at radius 3 is 2.96 bits per heavy atom. The maximum absolute atomic E-state index is 12.5. The highest BCUT2D eigenvalue weighted by atomic mass is 16.5. The van der Waals surface area contributed by atoms with E-state index in [9.17, 15) is 9.59 Å². The fraction of sp³-hybridized carbons (Fsp3) is 0.611. The van der Waals surface area contributed by atoms with Crippen molar-refractivity contribution < 1.29 is 14.3 Å². The van der Waals surface area contributed by atoms with Crippen molar-refractivity contribution in [3.63, 3.8) is 0 Å². The number of nitrogens with zero attached hydrogens (tertiary/aromatic N) is 4. The number of carbonyl (C=O) groups excluding carboxylic acids is 2. The lowest BCUT2D eigenvalue weighted by Crippen LogP contribution is -2.44. The molecule has 2 fully saturated rings. The van der Waals surface area contributed by atoms with Gasteiger partial charge < -0.3 is 19.4 Å². The fourth-order valence-electron chi connectivity index (χ4n) is 3.33. The number of rotatable bonds is 5. The SMILES string of the molecule is CN(C)c1ncccc1O[C@@H]1CCN(C(=O)CN2CCCCC2=O)C1. The molecule has 0 bridgehead atoms. The lowest BCUT2D eigenvalue weighted by atomic mass is 10.1. The first-order valence-electron chi connectivity index (χ1n) is 8.89. The van der Waals surface area contributed by atoms with Gasteiger partial charge in [-0.25, -0.2) is 4.98 Å². The minimum atomic E-state index is -0.0380. The van der Waals surface area contributed by atoms with E-state index in [0.717, 1.165) is 30.8 Å². The summed E-state index contributed by atoms with van der Waals surface area (Å²) >= 11 is 0. The van der Waals surface area contributed by atoms with Crippen molar-refractivity contribution in [1.82, 2.24) is 14.8 Å². The largest absolute Gasteiger partial charge is 0.485 e. The molecule has 3 heterocycles. The van der Waals surface area contributed by atoms with Crippen LogP contribution in [-0.2, 0) is 9.59 Å². The summed E-state index contributed by atoms with van der Waals surface area (Å²) in [5.74, 6) is 1.63. The number of amides is 2. The summed E-state index contributed by atoms with van der Waals surface area (Å²) in [7, 11) is 3.85. The molecule has 2 aliphatic rings. The topological polar surface area (TPSA) is 66.0 Å². The van der Waals surface area contributed by atoms with Crippen LogP contribution in [0, 0.1) is 0 Å². The third kappa shape index (κ3) is 4.21. The van der Waals surface area contributed by atoms with Crippen LogP contribution in [0.1, 0.15) is 25.7 Å². The summed E-state index contributed by atoms with van der Waals surface area (Å²) in [6.45, 7) is 2.12. The molecule has 2 saturated heterocycles. The van der Waals surface area contributed by atoms with Gasteiger partial charge in [-0.2, -0.15) is 0 Å². The normalized spacial score (nSPS) is 20.7. The van der Waals surface area contributed by atoms with Crippen molar-refractivity contribution in [2.45, 2.75) is 31.8 Å². The van der Waals surface area contributed by atoms with Gasteiger partial charge in [-0.05, 0) is 25.0 Å². The Morgan fingerprint density at radius 2 is 2.20 bits per heavy atom. The average molecular weight is 346 g/mol. The molecule has 25 heavy (non-hydrogen) atoms. The van der Waals surface area contributed by atoms with E-state index in [1.807, 2.05) is 31.1 Å². The van der Waals surface area contributed by atoms with Crippen molar-refractivity contribution in [3.05, 3.63) is 18.3 Å². The zero-order valence-electron chi connectivity index (χ0n) is 15.0. The van der Waals surface area contributed by atoms with E-state index < -0.39 is 0 Å². The molecule has 1 aromatic rings. The van der Waals surface area contributed by atoms with E-state index >= 15 is 0 Å². The number of aromatic nitrogens is 1. The molecule has 0 spiro atoms. The minimum absolute atomic E-state index is 0.0142. The van der Waals surface area contributed by atoms with E-state index in [1.54, 1.807) is 16.0 Å². The predicted molar refractivity (Wildman–Crippen MR) is 94.6 cm³/mol. The fourth-order valence-corrected chi connectivity index (χ4v) is 3.33. The Labute approximate surface area is 148 Å². The van der Waals surface area contributed by atoms with Crippen molar-refractivity contribution >= 4 is 17.6 Å². The van der Waals surface area contributed by atoms with Crippen LogP contribution in [0.25, 0.3) is 0 Å². The highest BCUT2D eigenvalue weighted by Gasteiger charge is 2.30. The molecule has 0 aliphatic carbocycles. The smallest absolute Gasteiger partial charge is 0.242 e. The molecule has 3 rings (SSSR count). The molecule has 1 aromatic heterocycles. The summed E-state index contributed by atoms with van der Waals surface area (Å²) in [5, 5.41) is 0. The quantitative estimate of drug-likeness (QED) is 0.800. The van der Waals surface area contributed by atoms with Gasteiger partial charge in [0.15, 0.2) is 11.6 Å². The lowest BCUT2D eigenvalue weighted by Gasteiger charge is -2.28. The van der Waals surface area contributed by atoms with E-state index in [4.69, 9.17) is 4.74 Å². The third-order valence-electron chi connectivity index (χ3n) is 4.71. The zero-order valence-corrected chi connectivity index (χ0v) is 15.0. The number of carbonyl (C=O) groups is 2. The molecule has 2 aliphatic heterocycles. The Balaban J connectivity index is 1.55. The van der Waals surface area contributed by atoms with E-state index in [1.165, 1.54) is 0 Å². The van der Waals surface area contributed by atoms with Crippen LogP contribution in [0.4, 0.5) is 5.82 Å². The summed E-state index contributed by atoms with van der Waals surface area (Å²) < 4.78 is 6.08. The van der Waals surface area contributed by atoms with Crippen LogP contribution in [0.15, 0.2) is 18.3 Å². The Hall–Kier alpha value is -2.31. The maximum atomic E-state index is 12.5. The number of pyridine rings is 1. The second-order valence-electron chi connectivity index (χ2n) is 6.86. The second-order valence-corrected chi connectivity index (χ2v) is 6.86. The zero-order chi connectivity index (χ0) is 17.8. The van der Waals surface area contributed by atoms with Crippen molar-refractivity contribution in [3.8, 4) is 5.75 Å². The lowest BCUT2D eigenvalue weighted by molar-refractivity contribution is -0.141. The maximum Gasteiger partial charge on any atom is 0.242 e. The van der Waals surface area contributed by atoms with Crippen molar-refractivity contribution in [2.24, 2.45) is 0 Å². The molecular formula is C18H26N4O3. The van der Waals surface area contributed by atoms with Crippen LogP contribution in [0.5, 0.6) is 5.75 Å². The third-order valence-corrected chi connectivity index (χ3v) is 4.71. The second kappa shape index (κ2) is 7.72. The van der Waals surface area contributed by atoms with Crippen LogP contribution >= 0.6 is 0 Å². The van der Waals surface area contributed by atoms with E-state index in [0.29, 0.717) is 26.1 Å².